The zero-order chi connectivity index (χ0) is 20.5. The minimum atomic E-state index is -0.247. The monoisotopic (exact) mass is 394 g/mol. The van der Waals surface area contributed by atoms with Gasteiger partial charge >= 0.3 is 0 Å². The quantitative estimate of drug-likeness (QED) is 0.713. The molecule has 3 fully saturated rings. The highest BCUT2D eigenvalue weighted by atomic mass is 16.2. The first-order valence-electron chi connectivity index (χ1n) is 11.8. The predicted molar refractivity (Wildman–Crippen MR) is 120 cm³/mol. The summed E-state index contributed by atoms with van der Waals surface area (Å²) in [6.07, 6.45) is 12.2. The number of amides is 1. The van der Waals surface area contributed by atoms with Crippen LogP contribution in [0.4, 0.5) is 0 Å². The number of fused-ring (bicyclic) bond motifs is 2. The van der Waals surface area contributed by atoms with Crippen molar-refractivity contribution in [2.24, 2.45) is 17.1 Å². The van der Waals surface area contributed by atoms with E-state index in [0.717, 1.165) is 51.6 Å². The first-order chi connectivity index (χ1) is 14.0. The molecule has 2 bridgehead atoms. The molecule has 2 N–H and O–H groups in total. The van der Waals surface area contributed by atoms with Crippen LogP contribution >= 0.6 is 0 Å². The van der Waals surface area contributed by atoms with E-state index in [9.17, 15) is 4.79 Å². The fourth-order valence-corrected chi connectivity index (χ4v) is 6.65. The molecule has 158 valence electrons. The van der Waals surface area contributed by atoms with E-state index in [2.05, 4.69) is 55.2 Å². The second-order valence-corrected chi connectivity index (χ2v) is 9.90. The van der Waals surface area contributed by atoms with Gasteiger partial charge in [-0.2, -0.15) is 0 Å². The minimum absolute atomic E-state index is 0.138. The van der Waals surface area contributed by atoms with Crippen LogP contribution in [0.25, 0.3) is 0 Å². The van der Waals surface area contributed by atoms with Gasteiger partial charge in [0, 0.05) is 19.1 Å². The van der Waals surface area contributed by atoms with Gasteiger partial charge in [0.2, 0.25) is 5.91 Å². The summed E-state index contributed by atoms with van der Waals surface area (Å²) in [5.74, 6) is 0.929. The van der Waals surface area contributed by atoms with Crippen molar-refractivity contribution in [3.05, 3.63) is 47.5 Å². The van der Waals surface area contributed by atoms with Gasteiger partial charge in [-0.1, -0.05) is 55.8 Å². The third-order valence-electron chi connectivity index (χ3n) is 8.10. The lowest BCUT2D eigenvalue weighted by Crippen LogP contribution is -2.56. The summed E-state index contributed by atoms with van der Waals surface area (Å²) in [5.41, 5.74) is 9.19. The Labute approximate surface area is 176 Å². The molecule has 4 rings (SSSR count). The Morgan fingerprint density at radius 1 is 1.24 bits per heavy atom. The van der Waals surface area contributed by atoms with Gasteiger partial charge in [0.25, 0.3) is 0 Å². The summed E-state index contributed by atoms with van der Waals surface area (Å²) >= 11 is 0. The molecule has 1 saturated heterocycles. The van der Waals surface area contributed by atoms with Crippen LogP contribution in [0.1, 0.15) is 77.2 Å². The first kappa shape index (κ1) is 20.7. The molecule has 1 aromatic carbocycles. The van der Waals surface area contributed by atoms with E-state index in [-0.39, 0.29) is 16.9 Å². The molecule has 29 heavy (non-hydrogen) atoms. The topological polar surface area (TPSA) is 46.3 Å². The number of piperidine rings is 1. The van der Waals surface area contributed by atoms with Gasteiger partial charge in [-0.05, 0) is 74.7 Å². The molecule has 0 radical (unpaired) electrons. The van der Waals surface area contributed by atoms with Gasteiger partial charge in [-0.3, -0.25) is 4.79 Å². The average Bonchev–Trinajstić information content (AvgIpc) is 2.76. The van der Waals surface area contributed by atoms with Gasteiger partial charge in [-0.25, -0.2) is 0 Å². The Morgan fingerprint density at radius 3 is 2.72 bits per heavy atom. The zero-order valence-electron chi connectivity index (χ0n) is 18.3. The second kappa shape index (κ2) is 8.26. The van der Waals surface area contributed by atoms with Crippen LogP contribution in [0.5, 0.6) is 0 Å². The third-order valence-corrected chi connectivity index (χ3v) is 8.10. The van der Waals surface area contributed by atoms with Crippen molar-refractivity contribution < 1.29 is 4.79 Å². The summed E-state index contributed by atoms with van der Waals surface area (Å²) in [6.45, 7) is 6.10. The maximum Gasteiger partial charge on any atom is 0.228 e. The fourth-order valence-electron chi connectivity index (χ4n) is 6.65. The highest BCUT2D eigenvalue weighted by Crippen LogP contribution is 2.59. The summed E-state index contributed by atoms with van der Waals surface area (Å²) in [6, 6.07) is 11.2. The van der Waals surface area contributed by atoms with E-state index in [1.165, 1.54) is 24.8 Å². The normalized spacial score (nSPS) is 36.2. The SMILES string of the molecule is CC/C=C1\CCC2(c3ccccc3)CC1CC(CC)(C(=O)N1CCC[C@H](N)C1)C2. The molecule has 4 atom stereocenters. The maximum atomic E-state index is 14.0. The van der Waals surface area contributed by atoms with Crippen LogP contribution in [0, 0.1) is 11.3 Å². The molecule has 0 aromatic heterocycles. The van der Waals surface area contributed by atoms with Crippen molar-refractivity contribution in [3.63, 3.8) is 0 Å². The Morgan fingerprint density at radius 2 is 2.03 bits per heavy atom. The summed E-state index contributed by atoms with van der Waals surface area (Å²) in [7, 11) is 0. The number of carbonyl (C=O) groups excluding carboxylic acids is 1. The Balaban J connectivity index is 1.72. The van der Waals surface area contributed by atoms with E-state index in [0.29, 0.717) is 11.8 Å². The zero-order valence-corrected chi connectivity index (χ0v) is 18.3. The minimum Gasteiger partial charge on any atom is -0.341 e. The lowest BCUT2D eigenvalue weighted by Gasteiger charge is -2.55. The molecule has 3 unspecified atom stereocenters. The number of likely N-dealkylation sites (tertiary alicyclic amines) is 1. The molecule has 3 heteroatoms. The lowest BCUT2D eigenvalue weighted by molar-refractivity contribution is -0.149. The maximum absolute atomic E-state index is 14.0. The number of allylic oxidation sites excluding steroid dienone is 2. The molecule has 0 spiro atoms. The van der Waals surface area contributed by atoms with Crippen molar-refractivity contribution >= 4 is 5.91 Å². The van der Waals surface area contributed by atoms with Crippen molar-refractivity contribution in [3.8, 4) is 0 Å². The van der Waals surface area contributed by atoms with Crippen molar-refractivity contribution in [1.29, 1.82) is 0 Å². The van der Waals surface area contributed by atoms with Crippen LogP contribution in [0.2, 0.25) is 0 Å². The van der Waals surface area contributed by atoms with Gasteiger partial charge in [0.05, 0.1) is 5.41 Å². The smallest absolute Gasteiger partial charge is 0.228 e. The molecule has 1 aliphatic heterocycles. The fraction of sp³-hybridized carbons (Fsp3) is 0.654. The number of hydrogen-bond donors (Lipinski definition) is 1. The molecule has 3 nitrogen and oxygen atoms in total. The summed E-state index contributed by atoms with van der Waals surface area (Å²) in [4.78, 5) is 16.1. The number of benzene rings is 1. The highest BCUT2D eigenvalue weighted by molar-refractivity contribution is 5.83. The van der Waals surface area contributed by atoms with Crippen molar-refractivity contribution in [2.45, 2.75) is 83.1 Å². The Bertz CT molecular complexity index is 757. The molecule has 2 aliphatic carbocycles. The standard InChI is InChI=1S/C26H38N2O/c1-3-9-20-13-14-26(22-10-6-5-7-11-22)17-21(20)16-25(4-2,19-26)24(29)28-15-8-12-23(27)18-28/h5-7,9-11,21,23H,3-4,8,12-19,27H2,1-2H3/b20-9+/t21?,23-,25?,26?/m0/s1. The lowest BCUT2D eigenvalue weighted by atomic mass is 9.49. The predicted octanol–water partition coefficient (Wildman–Crippen LogP) is 5.20. The van der Waals surface area contributed by atoms with E-state index >= 15 is 0 Å². The Hall–Kier alpha value is -1.61. The molecule has 2 saturated carbocycles. The molecule has 3 aliphatic rings. The molecule has 1 amide bonds. The van der Waals surface area contributed by atoms with E-state index in [1.54, 1.807) is 5.57 Å². The van der Waals surface area contributed by atoms with E-state index in [4.69, 9.17) is 5.73 Å². The molecular weight excluding hydrogens is 356 g/mol. The number of nitrogens with two attached hydrogens (primary N) is 1. The third kappa shape index (κ3) is 3.79. The van der Waals surface area contributed by atoms with Gasteiger partial charge in [0.1, 0.15) is 0 Å². The van der Waals surface area contributed by atoms with Gasteiger partial charge in [0.15, 0.2) is 0 Å². The first-order valence-corrected chi connectivity index (χ1v) is 11.8. The van der Waals surface area contributed by atoms with E-state index in [1.807, 2.05) is 0 Å². The average molecular weight is 395 g/mol. The van der Waals surface area contributed by atoms with Crippen LogP contribution in [-0.2, 0) is 10.2 Å². The number of nitrogens with zero attached hydrogens (tertiary/aromatic N) is 1. The van der Waals surface area contributed by atoms with Crippen LogP contribution in [0.15, 0.2) is 42.0 Å². The number of carbonyl (C=O) groups is 1. The number of rotatable bonds is 4. The summed E-state index contributed by atoms with van der Waals surface area (Å²) < 4.78 is 0. The van der Waals surface area contributed by atoms with Crippen molar-refractivity contribution in [2.75, 3.05) is 13.1 Å². The second-order valence-electron chi connectivity index (χ2n) is 9.90. The molecule has 1 aromatic rings. The van der Waals surface area contributed by atoms with Gasteiger partial charge < -0.3 is 10.6 Å². The molecular formula is C26H38N2O. The number of hydrogen-bond acceptors (Lipinski definition) is 2. The summed E-state index contributed by atoms with van der Waals surface area (Å²) in [5, 5.41) is 0. The highest BCUT2D eigenvalue weighted by Gasteiger charge is 2.55. The van der Waals surface area contributed by atoms with Crippen LogP contribution in [0.3, 0.4) is 0 Å². The van der Waals surface area contributed by atoms with E-state index < -0.39 is 0 Å². The van der Waals surface area contributed by atoms with Crippen LogP contribution in [-0.4, -0.2) is 29.9 Å². The molecule has 1 heterocycles. The largest absolute Gasteiger partial charge is 0.341 e. The van der Waals surface area contributed by atoms with Crippen LogP contribution < -0.4 is 5.73 Å². The van der Waals surface area contributed by atoms with Gasteiger partial charge in [-0.15, -0.1) is 0 Å². The Kier molecular flexibility index (Phi) is 5.88. The van der Waals surface area contributed by atoms with Crippen molar-refractivity contribution in [1.82, 2.24) is 4.90 Å².